The van der Waals surface area contributed by atoms with Gasteiger partial charge in [-0.1, -0.05) is 38.0 Å². The maximum absolute atomic E-state index is 9.94. The van der Waals surface area contributed by atoms with Gasteiger partial charge in [0.2, 0.25) is 0 Å². The summed E-state index contributed by atoms with van der Waals surface area (Å²) in [4.78, 5) is 0. The second-order valence-corrected chi connectivity index (χ2v) is 5.85. The van der Waals surface area contributed by atoms with Crippen molar-refractivity contribution in [2.75, 3.05) is 6.54 Å². The molecule has 0 spiro atoms. The highest BCUT2D eigenvalue weighted by Gasteiger charge is 2.18. The summed E-state index contributed by atoms with van der Waals surface area (Å²) in [5.41, 5.74) is 1.97. The zero-order valence-electron chi connectivity index (χ0n) is 11.6. The minimum atomic E-state index is 0.446. The van der Waals surface area contributed by atoms with Crippen molar-refractivity contribution in [3.8, 4) is 5.75 Å². The van der Waals surface area contributed by atoms with Crippen LogP contribution in [0.15, 0.2) is 18.2 Å². The summed E-state index contributed by atoms with van der Waals surface area (Å²) in [6.07, 6.45) is 5.49. The smallest absolute Gasteiger partial charge is 0.122 e. The summed E-state index contributed by atoms with van der Waals surface area (Å²) >= 11 is 0. The Bertz CT molecular complexity index is 389. The molecular formula is C16H25NO. The molecule has 0 bridgehead atoms. The van der Waals surface area contributed by atoms with E-state index in [9.17, 15) is 5.11 Å². The van der Waals surface area contributed by atoms with Crippen molar-refractivity contribution in [3.63, 3.8) is 0 Å². The fraction of sp³-hybridized carbons (Fsp3) is 0.625. The van der Waals surface area contributed by atoms with Gasteiger partial charge in [0.1, 0.15) is 5.75 Å². The standard InChI is InChI=1S/C16H25NO/c1-12-5-3-7-14(9-12)10-17-11-15-8-4-6-13(2)16(15)18/h4,6,8,12,14,17-18H,3,5,7,9-11H2,1-2H3. The molecule has 0 heterocycles. The van der Waals surface area contributed by atoms with Gasteiger partial charge in [0.05, 0.1) is 0 Å². The minimum absolute atomic E-state index is 0.446. The van der Waals surface area contributed by atoms with Crippen LogP contribution in [0.1, 0.15) is 43.7 Å². The number of phenolic OH excluding ortho intramolecular Hbond substituents is 1. The molecule has 1 aromatic carbocycles. The molecule has 1 aliphatic rings. The molecule has 1 saturated carbocycles. The molecule has 0 amide bonds. The lowest BCUT2D eigenvalue weighted by Crippen LogP contribution is -2.26. The van der Waals surface area contributed by atoms with E-state index in [0.29, 0.717) is 5.75 Å². The number of rotatable bonds is 4. The number of aryl methyl sites for hydroxylation is 1. The third-order valence-electron chi connectivity index (χ3n) is 4.11. The lowest BCUT2D eigenvalue weighted by Gasteiger charge is -2.26. The quantitative estimate of drug-likeness (QED) is 0.851. The predicted molar refractivity (Wildman–Crippen MR) is 75.7 cm³/mol. The number of hydrogen-bond acceptors (Lipinski definition) is 2. The van der Waals surface area contributed by atoms with Crippen molar-refractivity contribution in [1.29, 1.82) is 0 Å². The van der Waals surface area contributed by atoms with Gasteiger partial charge in [0.25, 0.3) is 0 Å². The summed E-state index contributed by atoms with van der Waals surface area (Å²) in [6, 6.07) is 5.95. The Morgan fingerprint density at radius 2 is 2.17 bits per heavy atom. The van der Waals surface area contributed by atoms with Crippen LogP contribution in [-0.2, 0) is 6.54 Å². The van der Waals surface area contributed by atoms with E-state index < -0.39 is 0 Å². The molecule has 0 radical (unpaired) electrons. The number of aromatic hydroxyl groups is 1. The van der Waals surface area contributed by atoms with E-state index in [-0.39, 0.29) is 0 Å². The molecule has 18 heavy (non-hydrogen) atoms. The van der Waals surface area contributed by atoms with Gasteiger partial charge in [-0.05, 0) is 43.7 Å². The van der Waals surface area contributed by atoms with Crippen LogP contribution in [0.4, 0.5) is 0 Å². The molecule has 1 aromatic rings. The zero-order chi connectivity index (χ0) is 13.0. The van der Waals surface area contributed by atoms with Crippen LogP contribution in [0.25, 0.3) is 0 Å². The molecule has 1 fully saturated rings. The molecule has 0 aromatic heterocycles. The van der Waals surface area contributed by atoms with Gasteiger partial charge in [-0.2, -0.15) is 0 Å². The Hall–Kier alpha value is -1.02. The van der Waals surface area contributed by atoms with Gasteiger partial charge in [-0.3, -0.25) is 0 Å². The van der Waals surface area contributed by atoms with Gasteiger partial charge in [-0.25, -0.2) is 0 Å². The first-order valence-corrected chi connectivity index (χ1v) is 7.15. The molecule has 2 atom stereocenters. The first-order valence-electron chi connectivity index (χ1n) is 7.15. The molecule has 100 valence electrons. The summed E-state index contributed by atoms with van der Waals surface area (Å²) < 4.78 is 0. The van der Waals surface area contributed by atoms with E-state index in [0.717, 1.165) is 36.1 Å². The third kappa shape index (κ3) is 3.49. The molecule has 0 aliphatic heterocycles. The number of nitrogens with one attached hydrogen (secondary N) is 1. The maximum Gasteiger partial charge on any atom is 0.122 e. The molecule has 2 unspecified atom stereocenters. The fourth-order valence-corrected chi connectivity index (χ4v) is 3.02. The van der Waals surface area contributed by atoms with Gasteiger partial charge in [0, 0.05) is 12.1 Å². The molecule has 2 heteroatoms. The summed E-state index contributed by atoms with van der Waals surface area (Å²) in [5, 5.41) is 13.4. The molecule has 2 nitrogen and oxygen atoms in total. The number of hydrogen-bond donors (Lipinski definition) is 2. The lowest BCUT2D eigenvalue weighted by molar-refractivity contribution is 0.274. The largest absolute Gasteiger partial charge is 0.507 e. The van der Waals surface area contributed by atoms with E-state index in [1.165, 1.54) is 25.7 Å². The van der Waals surface area contributed by atoms with Gasteiger partial charge in [-0.15, -0.1) is 0 Å². The number of para-hydroxylation sites is 1. The fourth-order valence-electron chi connectivity index (χ4n) is 3.02. The normalized spacial score (nSPS) is 24.1. The lowest BCUT2D eigenvalue weighted by atomic mass is 9.82. The van der Waals surface area contributed by atoms with Gasteiger partial charge < -0.3 is 10.4 Å². The molecular weight excluding hydrogens is 222 g/mol. The van der Waals surface area contributed by atoms with Crippen LogP contribution in [0, 0.1) is 18.8 Å². The average Bonchev–Trinajstić information content (AvgIpc) is 2.35. The average molecular weight is 247 g/mol. The number of phenols is 1. The molecule has 2 N–H and O–H groups in total. The molecule has 2 rings (SSSR count). The number of benzene rings is 1. The summed E-state index contributed by atoms with van der Waals surface area (Å²) in [5.74, 6) is 2.15. The zero-order valence-corrected chi connectivity index (χ0v) is 11.6. The Kier molecular flexibility index (Phi) is 4.65. The minimum Gasteiger partial charge on any atom is -0.507 e. The van der Waals surface area contributed by atoms with E-state index in [1.54, 1.807) is 0 Å². The van der Waals surface area contributed by atoms with Crippen LogP contribution in [0.3, 0.4) is 0 Å². The van der Waals surface area contributed by atoms with E-state index in [2.05, 4.69) is 12.2 Å². The van der Waals surface area contributed by atoms with Crippen molar-refractivity contribution in [2.24, 2.45) is 11.8 Å². The SMILES string of the molecule is Cc1cccc(CNCC2CCCC(C)C2)c1O. The van der Waals surface area contributed by atoms with Crippen molar-refractivity contribution >= 4 is 0 Å². The Morgan fingerprint density at radius 1 is 1.33 bits per heavy atom. The van der Waals surface area contributed by atoms with Crippen molar-refractivity contribution in [1.82, 2.24) is 5.32 Å². The second-order valence-electron chi connectivity index (χ2n) is 5.85. The third-order valence-corrected chi connectivity index (χ3v) is 4.11. The van der Waals surface area contributed by atoms with E-state index >= 15 is 0 Å². The summed E-state index contributed by atoms with van der Waals surface area (Å²) in [6.45, 7) is 6.16. The Balaban J connectivity index is 1.79. The first kappa shape index (κ1) is 13.4. The maximum atomic E-state index is 9.94. The Labute approximate surface area is 110 Å². The highest BCUT2D eigenvalue weighted by atomic mass is 16.3. The van der Waals surface area contributed by atoms with Crippen LogP contribution >= 0.6 is 0 Å². The summed E-state index contributed by atoms with van der Waals surface area (Å²) in [7, 11) is 0. The van der Waals surface area contributed by atoms with Gasteiger partial charge in [0.15, 0.2) is 0 Å². The first-order chi connectivity index (χ1) is 8.66. The van der Waals surface area contributed by atoms with Crippen molar-refractivity contribution in [2.45, 2.75) is 46.1 Å². The molecule has 1 aliphatic carbocycles. The Morgan fingerprint density at radius 3 is 2.94 bits per heavy atom. The monoisotopic (exact) mass is 247 g/mol. The van der Waals surface area contributed by atoms with Crippen LogP contribution in [-0.4, -0.2) is 11.7 Å². The highest BCUT2D eigenvalue weighted by molar-refractivity contribution is 5.39. The van der Waals surface area contributed by atoms with Crippen molar-refractivity contribution in [3.05, 3.63) is 29.3 Å². The topological polar surface area (TPSA) is 32.3 Å². The van der Waals surface area contributed by atoms with Crippen LogP contribution < -0.4 is 5.32 Å². The predicted octanol–water partition coefficient (Wildman–Crippen LogP) is 3.62. The second kappa shape index (κ2) is 6.24. The van der Waals surface area contributed by atoms with Crippen molar-refractivity contribution < 1.29 is 5.11 Å². The van der Waals surface area contributed by atoms with Crippen LogP contribution in [0.5, 0.6) is 5.75 Å². The highest BCUT2D eigenvalue weighted by Crippen LogP contribution is 2.28. The van der Waals surface area contributed by atoms with Gasteiger partial charge >= 0.3 is 0 Å². The molecule has 0 saturated heterocycles. The van der Waals surface area contributed by atoms with E-state index in [4.69, 9.17) is 0 Å². The van der Waals surface area contributed by atoms with E-state index in [1.807, 2.05) is 25.1 Å². The van der Waals surface area contributed by atoms with Crippen LogP contribution in [0.2, 0.25) is 0 Å².